The van der Waals surface area contributed by atoms with Crippen molar-refractivity contribution in [2.75, 3.05) is 0 Å². The molecule has 31 heavy (non-hydrogen) atoms. The second kappa shape index (κ2) is 8.66. The molecule has 3 aromatic rings. The molecule has 0 saturated heterocycles. The van der Waals surface area contributed by atoms with Gasteiger partial charge in [0, 0.05) is 0 Å². The Kier molecular flexibility index (Phi) is 6.35. The molecule has 0 heterocycles. The summed E-state index contributed by atoms with van der Waals surface area (Å²) in [5, 5.41) is 14.6. The number of aromatic hydroxyl groups is 2. The van der Waals surface area contributed by atoms with Crippen molar-refractivity contribution in [3.8, 4) is 17.2 Å². The van der Waals surface area contributed by atoms with E-state index in [0.717, 1.165) is 14.7 Å². The Balaban J connectivity index is 1.92. The van der Waals surface area contributed by atoms with Crippen LogP contribution in [0.1, 0.15) is 0 Å². The lowest BCUT2D eigenvalue weighted by atomic mass is 10.3. The largest absolute Gasteiger partial charge is 0.508 e. The number of ether oxygens (including phenoxy) is 1. The smallest absolute Gasteiger partial charge is 0.448 e. The van der Waals surface area contributed by atoms with E-state index in [1.807, 2.05) is 0 Å². The minimum atomic E-state index is -5.68. The van der Waals surface area contributed by atoms with Crippen molar-refractivity contribution in [3.63, 3.8) is 0 Å². The summed E-state index contributed by atoms with van der Waals surface area (Å²) in [5.74, 6) is 0.137. The van der Waals surface area contributed by atoms with Crippen LogP contribution in [0.25, 0.3) is 0 Å². The van der Waals surface area contributed by atoms with E-state index < -0.39 is 32.4 Å². The molecule has 3 aromatic carbocycles. The van der Waals surface area contributed by atoms with E-state index in [4.69, 9.17) is 9.29 Å². The molecule has 0 bridgehead atoms. The zero-order valence-corrected chi connectivity index (χ0v) is 17.5. The first-order valence-electron chi connectivity index (χ1n) is 8.76. The van der Waals surface area contributed by atoms with Crippen molar-refractivity contribution in [2.24, 2.45) is 0 Å². The predicted molar refractivity (Wildman–Crippen MR) is 111 cm³/mol. The van der Waals surface area contributed by atoms with Gasteiger partial charge in [-0.05, 0) is 72.8 Å². The summed E-state index contributed by atoms with van der Waals surface area (Å²) in [5.41, 5.74) is 0. The maximum Gasteiger partial charge on any atom is 0.448 e. The first-order valence-corrected chi connectivity index (χ1v) is 11.4. The van der Waals surface area contributed by atoms with E-state index in [1.54, 1.807) is 36.4 Å². The third-order valence-electron chi connectivity index (χ3n) is 4.20. The van der Waals surface area contributed by atoms with Crippen LogP contribution in [0.15, 0.2) is 87.5 Å². The van der Waals surface area contributed by atoms with Gasteiger partial charge in [-0.3, -0.25) is 4.55 Å². The molecule has 3 N–H and O–H groups in total. The van der Waals surface area contributed by atoms with Crippen LogP contribution in [0.2, 0.25) is 0 Å². The summed E-state index contributed by atoms with van der Waals surface area (Å²) in [6, 6.07) is 19.1. The number of hydrogen-bond acceptors (Lipinski definition) is 5. The van der Waals surface area contributed by atoms with Crippen molar-refractivity contribution in [2.45, 2.75) is 26.0 Å². The molecule has 0 aliphatic rings. The zero-order valence-electron chi connectivity index (χ0n) is 15.9. The molecular weight excluding hydrogens is 450 g/mol. The Morgan fingerprint density at radius 2 is 1.16 bits per heavy atom. The summed E-state index contributed by atoms with van der Waals surface area (Å²) in [7, 11) is -6.34. The molecular formula is C21H18F2O6S2+2. The van der Waals surface area contributed by atoms with E-state index in [2.05, 4.69) is 6.92 Å². The maximum absolute atomic E-state index is 13.7. The van der Waals surface area contributed by atoms with Crippen molar-refractivity contribution in [3.05, 3.63) is 79.7 Å². The number of phenolic OH excluding ortho intramolecular Hbond substituents is 2. The van der Waals surface area contributed by atoms with Crippen LogP contribution in [-0.2, 0) is 21.0 Å². The fourth-order valence-corrected chi connectivity index (χ4v) is 5.05. The lowest BCUT2D eigenvalue weighted by molar-refractivity contribution is -0.0108. The second-order valence-corrected chi connectivity index (χ2v) is 9.93. The Hall–Kier alpha value is -2.95. The first-order chi connectivity index (χ1) is 14.5. The highest BCUT2D eigenvalue weighted by molar-refractivity contribution is 7.97. The van der Waals surface area contributed by atoms with Gasteiger partial charge >= 0.3 is 21.5 Å². The van der Waals surface area contributed by atoms with Crippen LogP contribution in [0.3, 0.4) is 0 Å². The number of phenols is 2. The molecule has 0 spiro atoms. The Labute approximate surface area is 180 Å². The Morgan fingerprint density at radius 1 is 0.806 bits per heavy atom. The standard InChI is InChI=1S/C21H16F2O6S2/c1-14(21(22,23)31(26,27)28)29-17-6-12-20(13-7-17)30(18-8-2-15(24)3-9-18)19-10-4-16(25)5-11-19/h2-14H,1H2,(H-2,24,25,26,27,28)/p+2. The summed E-state index contributed by atoms with van der Waals surface area (Å²) < 4.78 is 62.6. The summed E-state index contributed by atoms with van der Waals surface area (Å²) >= 11 is 0. The highest BCUT2D eigenvalue weighted by atomic mass is 32.2. The molecule has 0 fully saturated rings. The molecule has 0 saturated carbocycles. The molecule has 162 valence electrons. The highest BCUT2D eigenvalue weighted by Gasteiger charge is 2.56. The van der Waals surface area contributed by atoms with Gasteiger partial charge in [0.25, 0.3) is 0 Å². The van der Waals surface area contributed by atoms with Gasteiger partial charge in [0.15, 0.2) is 14.7 Å². The van der Waals surface area contributed by atoms with Crippen molar-refractivity contribution < 1.29 is 36.7 Å². The number of rotatable bonds is 7. The van der Waals surface area contributed by atoms with Crippen LogP contribution in [0, 0.1) is 6.92 Å². The number of halogens is 2. The molecule has 0 amide bonds. The fourth-order valence-electron chi connectivity index (χ4n) is 2.63. The second-order valence-electron chi connectivity index (χ2n) is 6.41. The third-order valence-corrected chi connectivity index (χ3v) is 7.38. The van der Waals surface area contributed by atoms with E-state index in [9.17, 15) is 27.4 Å². The highest BCUT2D eigenvalue weighted by Crippen LogP contribution is 2.34. The molecule has 1 atom stereocenters. The fraction of sp³-hybridized carbons (Fsp3) is 0.0952. The van der Waals surface area contributed by atoms with Gasteiger partial charge < -0.3 is 14.9 Å². The molecule has 0 aliphatic carbocycles. The first kappa shape index (κ1) is 22.7. The van der Waals surface area contributed by atoms with E-state index in [1.165, 1.54) is 36.4 Å². The molecule has 0 radical (unpaired) electrons. The predicted octanol–water partition coefficient (Wildman–Crippen LogP) is 4.26. The minimum absolute atomic E-state index is 0.0629. The molecule has 1 unspecified atom stereocenters. The van der Waals surface area contributed by atoms with Gasteiger partial charge in [0.1, 0.15) is 24.2 Å². The average Bonchev–Trinajstić information content (AvgIpc) is 2.71. The van der Waals surface area contributed by atoms with E-state index in [0.29, 0.717) is 0 Å². The van der Waals surface area contributed by atoms with Gasteiger partial charge in [-0.2, -0.15) is 17.2 Å². The van der Waals surface area contributed by atoms with E-state index in [-0.39, 0.29) is 17.2 Å². The normalized spacial score (nSPS) is 13.2. The summed E-state index contributed by atoms with van der Waals surface area (Å²) in [6.07, 6.45) is -2.36. The van der Waals surface area contributed by atoms with Gasteiger partial charge in [0.05, 0.1) is 10.9 Å². The van der Waals surface area contributed by atoms with Gasteiger partial charge in [-0.1, -0.05) is 0 Å². The van der Waals surface area contributed by atoms with Crippen LogP contribution in [0.4, 0.5) is 8.78 Å². The lowest BCUT2D eigenvalue weighted by Gasteiger charge is -2.17. The molecule has 0 aliphatic heterocycles. The van der Waals surface area contributed by atoms with Crippen molar-refractivity contribution in [1.82, 2.24) is 0 Å². The topological polar surface area (TPSA) is 104 Å². The monoisotopic (exact) mass is 468 g/mol. The number of alkyl halides is 2. The summed E-state index contributed by atoms with van der Waals surface area (Å²) in [4.78, 5) is 2.47. The average molecular weight is 468 g/mol. The zero-order chi connectivity index (χ0) is 22.8. The van der Waals surface area contributed by atoms with Crippen molar-refractivity contribution >= 4 is 21.0 Å². The van der Waals surface area contributed by atoms with Crippen LogP contribution in [-0.4, -0.2) is 34.5 Å². The van der Waals surface area contributed by atoms with Crippen LogP contribution in [0.5, 0.6) is 17.2 Å². The minimum Gasteiger partial charge on any atom is -0.508 e. The molecule has 0 aromatic heterocycles. The van der Waals surface area contributed by atoms with Gasteiger partial charge in [-0.15, -0.1) is 0 Å². The van der Waals surface area contributed by atoms with Gasteiger partial charge in [-0.25, -0.2) is 0 Å². The SMILES string of the molecule is [CH2+]C(Oc1ccc([S+](c2ccc(O)cc2)c2ccc(O)cc2)cc1)C(F)(F)S(=O)(=O)O. The molecule has 6 nitrogen and oxygen atoms in total. The summed E-state index contributed by atoms with van der Waals surface area (Å²) in [6.45, 7) is 2.98. The lowest BCUT2D eigenvalue weighted by Crippen LogP contribution is -2.42. The molecule has 10 heteroatoms. The van der Waals surface area contributed by atoms with Gasteiger partial charge in [0.2, 0.25) is 0 Å². The van der Waals surface area contributed by atoms with Crippen LogP contribution < -0.4 is 4.74 Å². The Bertz CT molecular complexity index is 1090. The van der Waals surface area contributed by atoms with E-state index >= 15 is 0 Å². The quantitative estimate of drug-likeness (QED) is 0.272. The third kappa shape index (κ3) is 5.04. The Morgan fingerprint density at radius 3 is 1.52 bits per heavy atom. The number of hydrogen-bond donors (Lipinski definition) is 3. The maximum atomic E-state index is 13.7. The molecule has 3 rings (SSSR count). The van der Waals surface area contributed by atoms with Crippen LogP contribution >= 0.6 is 0 Å². The van der Waals surface area contributed by atoms with Crippen molar-refractivity contribution in [1.29, 1.82) is 0 Å². The number of benzene rings is 3.